The van der Waals surface area contributed by atoms with Gasteiger partial charge in [-0.1, -0.05) is 0 Å². The summed E-state index contributed by atoms with van der Waals surface area (Å²) in [6, 6.07) is 0. The van der Waals surface area contributed by atoms with E-state index in [9.17, 15) is 14.0 Å². The van der Waals surface area contributed by atoms with Crippen LogP contribution < -0.4 is 0 Å². The normalized spacial score (nSPS) is 26.6. The number of hydrogen-bond donors (Lipinski definition) is 1. The molecule has 0 bridgehead atoms. The minimum absolute atomic E-state index is 0.130. The summed E-state index contributed by atoms with van der Waals surface area (Å²) in [6.07, 6.45) is -0.155. The summed E-state index contributed by atoms with van der Waals surface area (Å²) in [5.74, 6) is -1.89. The van der Waals surface area contributed by atoms with Crippen molar-refractivity contribution in [1.82, 2.24) is 4.90 Å². The number of hydrogen-bond acceptors (Lipinski definition) is 3. The van der Waals surface area contributed by atoms with Gasteiger partial charge in [0.1, 0.15) is 6.61 Å². The Hall–Kier alpha value is -1.17. The van der Waals surface area contributed by atoms with Crippen molar-refractivity contribution in [2.45, 2.75) is 12.1 Å². The van der Waals surface area contributed by atoms with Crippen molar-refractivity contribution >= 4 is 11.9 Å². The molecule has 0 radical (unpaired) electrons. The molecule has 1 N–H and O–H groups in total. The molecule has 1 amide bonds. The topological polar surface area (TPSA) is 66.8 Å². The first-order valence-electron chi connectivity index (χ1n) is 4.18. The number of likely N-dealkylation sites (tertiary alicyclic amines) is 1. The van der Waals surface area contributed by atoms with E-state index in [2.05, 4.69) is 4.74 Å². The summed E-state index contributed by atoms with van der Waals surface area (Å²) < 4.78 is 18.0. The third kappa shape index (κ3) is 2.01. The number of carboxylic acid groups (broad SMARTS) is 1. The molecule has 0 aliphatic carbocycles. The molecule has 6 heteroatoms. The number of alkyl halides is 1. The van der Waals surface area contributed by atoms with Crippen LogP contribution in [-0.4, -0.2) is 54.4 Å². The maximum Gasteiger partial charge on any atom is 0.343 e. The average Bonchev–Trinajstić information content (AvgIpc) is 2.50. The lowest BCUT2D eigenvalue weighted by atomic mass is 10.1. The van der Waals surface area contributed by atoms with Crippen molar-refractivity contribution in [2.24, 2.45) is 0 Å². The molecule has 14 heavy (non-hydrogen) atoms. The minimum Gasteiger partial charge on any atom is -0.479 e. The molecule has 0 aromatic rings. The van der Waals surface area contributed by atoms with Crippen molar-refractivity contribution in [3.05, 3.63) is 0 Å². The summed E-state index contributed by atoms with van der Waals surface area (Å²) in [5, 5.41) is 8.56. The lowest BCUT2D eigenvalue weighted by Crippen LogP contribution is -2.39. The van der Waals surface area contributed by atoms with Crippen LogP contribution in [-0.2, 0) is 14.3 Å². The van der Waals surface area contributed by atoms with E-state index in [1.54, 1.807) is 0 Å². The molecule has 1 fully saturated rings. The Kier molecular flexibility index (Phi) is 3.05. The average molecular weight is 205 g/mol. The van der Waals surface area contributed by atoms with Crippen molar-refractivity contribution in [3.8, 4) is 0 Å². The van der Waals surface area contributed by atoms with Crippen LogP contribution in [0.2, 0.25) is 0 Å². The van der Waals surface area contributed by atoms with Gasteiger partial charge in [0, 0.05) is 20.1 Å². The standard InChI is InChI=1S/C8H12FNO4/c1-14-4-6(11)10-3-2-8(9,5-10)7(12)13/h2-5H2,1H3,(H,12,13). The highest BCUT2D eigenvalue weighted by molar-refractivity contribution is 5.82. The summed E-state index contributed by atoms with van der Waals surface area (Å²) >= 11 is 0. The van der Waals surface area contributed by atoms with Crippen LogP contribution in [0.15, 0.2) is 0 Å². The summed E-state index contributed by atoms with van der Waals surface area (Å²) in [4.78, 5) is 22.9. The predicted octanol–water partition coefficient (Wildman–Crippen LogP) is -0.342. The maximum absolute atomic E-state index is 13.5. The molecular formula is C8H12FNO4. The fourth-order valence-corrected chi connectivity index (χ4v) is 1.38. The Balaban J connectivity index is 2.56. The van der Waals surface area contributed by atoms with Crippen LogP contribution >= 0.6 is 0 Å². The number of rotatable bonds is 3. The molecule has 0 spiro atoms. The highest BCUT2D eigenvalue weighted by Crippen LogP contribution is 2.25. The second-order valence-electron chi connectivity index (χ2n) is 3.27. The van der Waals surface area contributed by atoms with Gasteiger partial charge in [0.05, 0.1) is 6.54 Å². The molecule has 80 valence electrons. The van der Waals surface area contributed by atoms with E-state index in [1.165, 1.54) is 7.11 Å². The molecule has 0 aromatic heterocycles. The number of methoxy groups -OCH3 is 1. The quantitative estimate of drug-likeness (QED) is 0.684. The first-order chi connectivity index (χ1) is 6.49. The van der Waals surface area contributed by atoms with E-state index < -0.39 is 11.6 Å². The second kappa shape index (κ2) is 3.91. The predicted molar refractivity (Wildman–Crippen MR) is 44.5 cm³/mol. The van der Waals surface area contributed by atoms with Gasteiger partial charge < -0.3 is 14.7 Å². The van der Waals surface area contributed by atoms with Crippen LogP contribution in [0.1, 0.15) is 6.42 Å². The number of nitrogens with zero attached hydrogens (tertiary/aromatic N) is 1. The molecule has 5 nitrogen and oxygen atoms in total. The highest BCUT2D eigenvalue weighted by Gasteiger charge is 2.46. The van der Waals surface area contributed by atoms with E-state index in [0.29, 0.717) is 0 Å². The summed E-state index contributed by atoms with van der Waals surface area (Å²) in [5.41, 5.74) is -2.29. The van der Waals surface area contributed by atoms with Gasteiger partial charge in [-0.15, -0.1) is 0 Å². The van der Waals surface area contributed by atoms with E-state index in [1.807, 2.05) is 0 Å². The smallest absolute Gasteiger partial charge is 0.343 e. The van der Waals surface area contributed by atoms with E-state index in [4.69, 9.17) is 5.11 Å². The van der Waals surface area contributed by atoms with Gasteiger partial charge in [-0.2, -0.15) is 0 Å². The minimum atomic E-state index is -2.29. The molecule has 1 aliphatic heterocycles. The number of aliphatic carboxylic acids is 1. The van der Waals surface area contributed by atoms with Gasteiger partial charge in [0.25, 0.3) is 0 Å². The number of carbonyl (C=O) groups excluding carboxylic acids is 1. The maximum atomic E-state index is 13.5. The first-order valence-corrected chi connectivity index (χ1v) is 4.18. The van der Waals surface area contributed by atoms with Crippen molar-refractivity contribution in [1.29, 1.82) is 0 Å². The molecule has 1 heterocycles. The zero-order valence-corrected chi connectivity index (χ0v) is 7.83. The zero-order valence-electron chi connectivity index (χ0n) is 7.83. The number of halogens is 1. The molecule has 1 unspecified atom stereocenters. The third-order valence-electron chi connectivity index (χ3n) is 2.22. The van der Waals surface area contributed by atoms with Crippen molar-refractivity contribution < 1.29 is 23.8 Å². The largest absolute Gasteiger partial charge is 0.479 e. The highest BCUT2D eigenvalue weighted by atomic mass is 19.1. The molecule has 0 saturated carbocycles. The van der Waals surface area contributed by atoms with Gasteiger partial charge in [0.2, 0.25) is 11.6 Å². The first kappa shape index (κ1) is 10.9. The van der Waals surface area contributed by atoms with Gasteiger partial charge >= 0.3 is 5.97 Å². The molecule has 1 saturated heterocycles. The van der Waals surface area contributed by atoms with Crippen molar-refractivity contribution in [3.63, 3.8) is 0 Å². The Morgan fingerprint density at radius 2 is 2.29 bits per heavy atom. The monoisotopic (exact) mass is 205 g/mol. The Bertz CT molecular complexity index is 258. The Morgan fingerprint density at radius 1 is 1.64 bits per heavy atom. The van der Waals surface area contributed by atoms with Gasteiger partial charge in [-0.05, 0) is 0 Å². The van der Waals surface area contributed by atoms with Crippen LogP contribution in [0, 0.1) is 0 Å². The molecular weight excluding hydrogens is 193 g/mol. The molecule has 0 aromatic carbocycles. The number of carboxylic acids is 1. The molecule has 1 aliphatic rings. The number of amides is 1. The second-order valence-corrected chi connectivity index (χ2v) is 3.27. The Labute approximate surface area is 80.4 Å². The van der Waals surface area contributed by atoms with Gasteiger partial charge in [0.15, 0.2) is 0 Å². The number of carbonyl (C=O) groups is 2. The summed E-state index contributed by atoms with van der Waals surface area (Å²) in [7, 11) is 1.36. The van der Waals surface area contributed by atoms with Gasteiger partial charge in [-0.25, -0.2) is 9.18 Å². The molecule has 1 rings (SSSR count). The Morgan fingerprint density at radius 3 is 2.71 bits per heavy atom. The van der Waals surface area contributed by atoms with E-state index in [-0.39, 0.29) is 32.0 Å². The van der Waals surface area contributed by atoms with Crippen LogP contribution in [0.5, 0.6) is 0 Å². The lowest BCUT2D eigenvalue weighted by Gasteiger charge is -2.16. The lowest BCUT2D eigenvalue weighted by molar-refractivity contribution is -0.150. The zero-order chi connectivity index (χ0) is 10.8. The van der Waals surface area contributed by atoms with Crippen molar-refractivity contribution in [2.75, 3.05) is 26.8 Å². The van der Waals surface area contributed by atoms with Crippen LogP contribution in [0.4, 0.5) is 4.39 Å². The number of ether oxygens (including phenoxy) is 1. The SMILES string of the molecule is COCC(=O)N1CCC(F)(C(=O)O)C1. The third-order valence-corrected chi connectivity index (χ3v) is 2.22. The van der Waals surface area contributed by atoms with Crippen LogP contribution in [0.3, 0.4) is 0 Å². The summed E-state index contributed by atoms with van der Waals surface area (Å²) in [6.45, 7) is -0.398. The fourth-order valence-electron chi connectivity index (χ4n) is 1.38. The van der Waals surface area contributed by atoms with E-state index in [0.717, 1.165) is 4.90 Å². The van der Waals surface area contributed by atoms with E-state index >= 15 is 0 Å². The van der Waals surface area contributed by atoms with Crippen LogP contribution in [0.25, 0.3) is 0 Å². The molecule has 1 atom stereocenters. The fraction of sp³-hybridized carbons (Fsp3) is 0.750. The van der Waals surface area contributed by atoms with Gasteiger partial charge in [-0.3, -0.25) is 4.79 Å².